The fraction of sp³-hybridized carbons (Fsp3) is 0.200. The molecular formula is C10H12N4S. The van der Waals surface area contributed by atoms with Gasteiger partial charge in [-0.15, -0.1) is 6.58 Å². The molecule has 2 heterocycles. The zero-order chi connectivity index (χ0) is 10.7. The Morgan fingerprint density at radius 1 is 1.60 bits per heavy atom. The minimum absolute atomic E-state index is 0.0169. The molecule has 0 aromatic carbocycles. The van der Waals surface area contributed by atoms with Gasteiger partial charge in [-0.25, -0.2) is 5.43 Å². The van der Waals surface area contributed by atoms with Crippen LogP contribution in [-0.4, -0.2) is 21.5 Å². The summed E-state index contributed by atoms with van der Waals surface area (Å²) in [5.41, 5.74) is 6.94. The van der Waals surface area contributed by atoms with E-state index in [1.54, 1.807) is 6.20 Å². The summed E-state index contributed by atoms with van der Waals surface area (Å²) >= 11 is 5.16. The van der Waals surface area contributed by atoms with Crippen LogP contribution in [0.15, 0.2) is 37.1 Å². The van der Waals surface area contributed by atoms with E-state index >= 15 is 0 Å². The highest BCUT2D eigenvalue weighted by atomic mass is 32.1. The Hall–Kier alpha value is -1.46. The van der Waals surface area contributed by atoms with Gasteiger partial charge in [-0.3, -0.25) is 10.4 Å². The third kappa shape index (κ3) is 1.98. The Morgan fingerprint density at radius 2 is 2.47 bits per heavy atom. The molecule has 0 amide bonds. The summed E-state index contributed by atoms with van der Waals surface area (Å²) in [5, 5.41) is 0.672. The van der Waals surface area contributed by atoms with Crippen LogP contribution in [0.4, 0.5) is 0 Å². The molecule has 0 bridgehead atoms. The first-order valence-corrected chi connectivity index (χ1v) is 5.07. The van der Waals surface area contributed by atoms with E-state index in [9.17, 15) is 0 Å². The van der Waals surface area contributed by atoms with Crippen LogP contribution in [-0.2, 0) is 0 Å². The van der Waals surface area contributed by atoms with Crippen molar-refractivity contribution in [3.8, 4) is 0 Å². The predicted octanol–water partition coefficient (Wildman–Crippen LogP) is 0.961. The van der Waals surface area contributed by atoms with Crippen LogP contribution in [0.2, 0.25) is 0 Å². The molecule has 0 spiro atoms. The average molecular weight is 220 g/mol. The fourth-order valence-electron chi connectivity index (χ4n) is 1.50. The second-order valence-electron chi connectivity index (χ2n) is 3.17. The Kier molecular flexibility index (Phi) is 2.94. The minimum Gasteiger partial charge on any atom is -0.322 e. The van der Waals surface area contributed by atoms with Gasteiger partial charge in [0.05, 0.1) is 5.69 Å². The second-order valence-corrected chi connectivity index (χ2v) is 3.56. The third-order valence-electron chi connectivity index (χ3n) is 2.18. The average Bonchev–Trinajstić information content (AvgIpc) is 2.63. The Balaban J connectivity index is 2.22. The van der Waals surface area contributed by atoms with Gasteiger partial charge in [0.2, 0.25) is 0 Å². The van der Waals surface area contributed by atoms with Gasteiger partial charge in [0.15, 0.2) is 5.11 Å². The quantitative estimate of drug-likeness (QED) is 0.586. The molecular weight excluding hydrogens is 208 g/mol. The van der Waals surface area contributed by atoms with Gasteiger partial charge < -0.3 is 4.90 Å². The van der Waals surface area contributed by atoms with E-state index in [1.807, 2.05) is 29.2 Å². The van der Waals surface area contributed by atoms with Crippen molar-refractivity contribution in [2.75, 3.05) is 6.54 Å². The number of rotatable bonds is 3. The molecule has 4 nitrogen and oxygen atoms in total. The molecule has 1 aliphatic heterocycles. The molecule has 78 valence electrons. The number of hydrogen-bond donors (Lipinski definition) is 2. The summed E-state index contributed by atoms with van der Waals surface area (Å²) in [6.07, 6.45) is 3.57. The first-order valence-electron chi connectivity index (χ1n) is 4.67. The van der Waals surface area contributed by atoms with Crippen molar-refractivity contribution >= 4 is 17.3 Å². The molecule has 0 saturated carbocycles. The van der Waals surface area contributed by atoms with E-state index < -0.39 is 0 Å². The van der Waals surface area contributed by atoms with Crippen LogP contribution < -0.4 is 10.9 Å². The first-order chi connectivity index (χ1) is 7.33. The number of hydrogen-bond acceptors (Lipinski definition) is 3. The van der Waals surface area contributed by atoms with Crippen LogP contribution in [0.1, 0.15) is 11.9 Å². The highest BCUT2D eigenvalue weighted by Crippen LogP contribution is 2.18. The highest BCUT2D eigenvalue weighted by Gasteiger charge is 2.28. The predicted molar refractivity (Wildman–Crippen MR) is 62.8 cm³/mol. The molecule has 5 heteroatoms. The number of nitrogens with zero attached hydrogens (tertiary/aromatic N) is 2. The highest BCUT2D eigenvalue weighted by molar-refractivity contribution is 7.80. The van der Waals surface area contributed by atoms with Crippen molar-refractivity contribution in [1.29, 1.82) is 0 Å². The first kappa shape index (κ1) is 10.1. The number of thiocarbonyl (C=S) groups is 1. The Morgan fingerprint density at radius 3 is 3.13 bits per heavy atom. The molecule has 15 heavy (non-hydrogen) atoms. The molecule has 1 atom stereocenters. The monoisotopic (exact) mass is 220 g/mol. The zero-order valence-electron chi connectivity index (χ0n) is 8.18. The molecule has 1 aromatic rings. The number of pyridine rings is 1. The van der Waals surface area contributed by atoms with Crippen LogP contribution >= 0.6 is 12.2 Å². The Labute approximate surface area is 94.0 Å². The summed E-state index contributed by atoms with van der Waals surface area (Å²) < 4.78 is 0. The van der Waals surface area contributed by atoms with Crippen molar-refractivity contribution in [3.05, 3.63) is 42.7 Å². The molecule has 2 rings (SSSR count). The number of nitrogens with one attached hydrogen (secondary N) is 2. The van der Waals surface area contributed by atoms with Gasteiger partial charge in [-0.2, -0.15) is 0 Å². The van der Waals surface area contributed by atoms with Crippen LogP contribution in [0.3, 0.4) is 0 Å². The van der Waals surface area contributed by atoms with E-state index in [-0.39, 0.29) is 6.17 Å². The topological polar surface area (TPSA) is 40.2 Å². The molecule has 1 aromatic heterocycles. The van der Waals surface area contributed by atoms with Gasteiger partial charge in [0, 0.05) is 12.7 Å². The molecule has 0 radical (unpaired) electrons. The summed E-state index contributed by atoms with van der Waals surface area (Å²) in [6, 6.07) is 5.81. The van der Waals surface area contributed by atoms with Gasteiger partial charge in [-0.1, -0.05) is 12.1 Å². The van der Waals surface area contributed by atoms with E-state index in [0.717, 1.165) is 5.69 Å². The van der Waals surface area contributed by atoms with E-state index in [0.29, 0.717) is 11.7 Å². The van der Waals surface area contributed by atoms with Gasteiger partial charge in [0.25, 0.3) is 0 Å². The second kappa shape index (κ2) is 4.37. The third-order valence-corrected chi connectivity index (χ3v) is 2.52. The largest absolute Gasteiger partial charge is 0.322 e. The molecule has 1 fully saturated rings. The Bertz CT molecular complexity index is 365. The zero-order valence-corrected chi connectivity index (χ0v) is 9.00. The van der Waals surface area contributed by atoms with Crippen molar-refractivity contribution in [2.45, 2.75) is 6.17 Å². The van der Waals surface area contributed by atoms with Crippen molar-refractivity contribution < 1.29 is 0 Å². The summed E-state index contributed by atoms with van der Waals surface area (Å²) in [6.45, 7) is 4.40. The maximum Gasteiger partial charge on any atom is 0.185 e. The maximum atomic E-state index is 5.16. The number of hydrazine groups is 1. The lowest BCUT2D eigenvalue weighted by Crippen LogP contribution is -2.30. The van der Waals surface area contributed by atoms with Crippen molar-refractivity contribution in [3.63, 3.8) is 0 Å². The summed E-state index contributed by atoms with van der Waals surface area (Å²) in [5.74, 6) is 0. The maximum absolute atomic E-state index is 5.16. The van der Waals surface area contributed by atoms with Crippen LogP contribution in [0.5, 0.6) is 0 Å². The molecule has 1 unspecified atom stereocenters. The smallest absolute Gasteiger partial charge is 0.185 e. The van der Waals surface area contributed by atoms with E-state index in [1.165, 1.54) is 0 Å². The molecule has 1 aliphatic rings. The van der Waals surface area contributed by atoms with Crippen LogP contribution in [0.25, 0.3) is 0 Å². The lowest BCUT2D eigenvalue weighted by molar-refractivity contribution is 0.334. The lowest BCUT2D eigenvalue weighted by atomic mass is 10.3. The summed E-state index contributed by atoms with van der Waals surface area (Å²) in [4.78, 5) is 6.28. The molecule has 2 N–H and O–H groups in total. The van der Waals surface area contributed by atoms with Gasteiger partial charge in [-0.05, 0) is 24.4 Å². The lowest BCUT2D eigenvalue weighted by Gasteiger charge is -2.21. The van der Waals surface area contributed by atoms with Crippen LogP contribution in [0, 0.1) is 0 Å². The fourth-order valence-corrected chi connectivity index (χ4v) is 1.73. The summed E-state index contributed by atoms with van der Waals surface area (Å²) in [7, 11) is 0. The minimum atomic E-state index is -0.0169. The van der Waals surface area contributed by atoms with E-state index in [4.69, 9.17) is 12.2 Å². The van der Waals surface area contributed by atoms with Gasteiger partial charge >= 0.3 is 0 Å². The normalized spacial score (nSPS) is 20.1. The number of aromatic nitrogens is 1. The van der Waals surface area contributed by atoms with E-state index in [2.05, 4.69) is 22.4 Å². The van der Waals surface area contributed by atoms with Crippen molar-refractivity contribution in [2.24, 2.45) is 0 Å². The SMILES string of the molecule is C=CCN1C(=S)NNC1c1ccccn1. The van der Waals surface area contributed by atoms with Gasteiger partial charge in [0.1, 0.15) is 6.17 Å². The van der Waals surface area contributed by atoms with Crippen molar-refractivity contribution in [1.82, 2.24) is 20.7 Å². The standard InChI is InChI=1S/C10H12N4S/c1-2-7-14-9(12-13-10(14)15)8-5-3-4-6-11-8/h2-6,9,12H,1,7H2,(H,13,15). The molecule has 0 aliphatic carbocycles. The molecule has 1 saturated heterocycles.